The lowest BCUT2D eigenvalue weighted by atomic mass is 9.53. The minimum absolute atomic E-state index is 0.248. The fourth-order valence-corrected chi connectivity index (χ4v) is 5.81. The van der Waals surface area contributed by atoms with Crippen LogP contribution in [-0.4, -0.2) is 42.5 Å². The molecule has 0 heterocycles. The van der Waals surface area contributed by atoms with Crippen molar-refractivity contribution in [2.45, 2.75) is 57.1 Å². The van der Waals surface area contributed by atoms with Gasteiger partial charge in [-0.3, -0.25) is 0 Å². The van der Waals surface area contributed by atoms with E-state index in [9.17, 15) is 9.90 Å². The first kappa shape index (κ1) is 18.8. The summed E-state index contributed by atoms with van der Waals surface area (Å²) in [5, 5.41) is 14.1. The first-order valence-corrected chi connectivity index (χ1v) is 10.4. The second-order valence-corrected chi connectivity index (χ2v) is 8.79. The molecule has 27 heavy (non-hydrogen) atoms. The number of β-amino-alcohol motifs (C(OH)–C–C–N with tert-alkyl or cyclic N) is 1. The van der Waals surface area contributed by atoms with E-state index in [1.807, 2.05) is 0 Å². The van der Waals surface area contributed by atoms with Crippen molar-refractivity contribution < 1.29 is 19.4 Å². The van der Waals surface area contributed by atoms with Gasteiger partial charge in [0.05, 0.1) is 12.2 Å². The highest BCUT2D eigenvalue weighted by Crippen LogP contribution is 2.55. The summed E-state index contributed by atoms with van der Waals surface area (Å²) >= 11 is 0. The molecule has 1 aromatic carbocycles. The molecular formula is C22H31NO4. The summed E-state index contributed by atoms with van der Waals surface area (Å²) in [5.41, 5.74) is 0.769. The lowest BCUT2D eigenvalue weighted by Gasteiger charge is -2.57. The summed E-state index contributed by atoms with van der Waals surface area (Å²) in [6.07, 6.45) is 7.57. The van der Waals surface area contributed by atoms with E-state index in [1.54, 1.807) is 31.2 Å². The minimum Gasteiger partial charge on any atom is -0.491 e. The third kappa shape index (κ3) is 4.30. The number of rotatable bonds is 8. The summed E-state index contributed by atoms with van der Waals surface area (Å²) in [5.74, 6) is 3.01. The standard InChI is InChI=1S/C22H31NO4/c1-2-26-21(25)18-3-5-20(6-4-18)27-14-19(24)13-23-22-10-15-7-16(11-22)9-17(8-15)12-22/h3-6,15-17,19,23-24H,2,7-14H2,1H3/t15?,16?,17?,19-,22?/m0/s1. The number of nitrogens with one attached hydrogen (secondary N) is 1. The first-order valence-electron chi connectivity index (χ1n) is 10.4. The fourth-order valence-electron chi connectivity index (χ4n) is 5.81. The normalized spacial score (nSPS) is 32.3. The van der Waals surface area contributed by atoms with E-state index in [-0.39, 0.29) is 18.1 Å². The van der Waals surface area contributed by atoms with E-state index >= 15 is 0 Å². The summed E-state index contributed by atoms with van der Waals surface area (Å²) in [6, 6.07) is 6.86. The third-order valence-electron chi connectivity index (χ3n) is 6.56. The van der Waals surface area contributed by atoms with Crippen LogP contribution in [0.25, 0.3) is 0 Å². The van der Waals surface area contributed by atoms with Crippen molar-refractivity contribution in [1.82, 2.24) is 5.32 Å². The minimum atomic E-state index is -0.539. The molecule has 0 spiro atoms. The van der Waals surface area contributed by atoms with Crippen LogP contribution in [0.1, 0.15) is 55.8 Å². The highest BCUT2D eigenvalue weighted by Gasteiger charge is 2.50. The van der Waals surface area contributed by atoms with Gasteiger partial charge in [0, 0.05) is 12.1 Å². The third-order valence-corrected chi connectivity index (χ3v) is 6.56. The number of carbonyl (C=O) groups is 1. The van der Waals surface area contributed by atoms with E-state index < -0.39 is 6.10 Å². The molecule has 4 aliphatic rings. The molecule has 5 rings (SSSR count). The van der Waals surface area contributed by atoms with Crippen LogP contribution in [-0.2, 0) is 4.74 Å². The number of hydrogen-bond acceptors (Lipinski definition) is 5. The number of esters is 1. The molecule has 0 unspecified atom stereocenters. The molecule has 0 aromatic heterocycles. The molecule has 4 bridgehead atoms. The molecule has 0 saturated heterocycles. The number of aliphatic hydroxyl groups is 1. The van der Waals surface area contributed by atoms with Crippen LogP contribution in [0.2, 0.25) is 0 Å². The van der Waals surface area contributed by atoms with Crippen LogP contribution in [0, 0.1) is 17.8 Å². The Kier molecular flexibility index (Phi) is 5.42. The largest absolute Gasteiger partial charge is 0.491 e. The smallest absolute Gasteiger partial charge is 0.338 e. The molecule has 5 nitrogen and oxygen atoms in total. The molecule has 4 fully saturated rings. The Labute approximate surface area is 161 Å². The molecule has 4 aliphatic carbocycles. The zero-order chi connectivity index (χ0) is 18.9. The van der Waals surface area contributed by atoms with Gasteiger partial charge in [0.15, 0.2) is 0 Å². The molecule has 148 valence electrons. The Hall–Kier alpha value is -1.59. The van der Waals surface area contributed by atoms with Crippen molar-refractivity contribution in [3.8, 4) is 5.75 Å². The van der Waals surface area contributed by atoms with E-state index in [1.165, 1.54) is 38.5 Å². The van der Waals surface area contributed by atoms with Crippen LogP contribution in [0.4, 0.5) is 0 Å². The van der Waals surface area contributed by atoms with Gasteiger partial charge < -0.3 is 19.9 Å². The van der Waals surface area contributed by atoms with E-state index in [0.29, 0.717) is 24.5 Å². The SMILES string of the molecule is CCOC(=O)c1ccc(OC[C@@H](O)CNC23CC4CC(CC(C4)C2)C3)cc1. The summed E-state index contributed by atoms with van der Waals surface area (Å²) < 4.78 is 10.7. The Morgan fingerprint density at radius 3 is 2.30 bits per heavy atom. The maximum atomic E-state index is 11.7. The molecular weight excluding hydrogens is 342 g/mol. The molecule has 2 N–H and O–H groups in total. The van der Waals surface area contributed by atoms with Gasteiger partial charge in [0.1, 0.15) is 18.5 Å². The van der Waals surface area contributed by atoms with Crippen LogP contribution >= 0.6 is 0 Å². The Balaban J connectivity index is 1.23. The zero-order valence-corrected chi connectivity index (χ0v) is 16.2. The quantitative estimate of drug-likeness (QED) is 0.685. The van der Waals surface area contributed by atoms with Gasteiger partial charge >= 0.3 is 5.97 Å². The summed E-state index contributed by atoms with van der Waals surface area (Å²) in [6.45, 7) is 2.97. The van der Waals surface area contributed by atoms with Crippen molar-refractivity contribution in [1.29, 1.82) is 0 Å². The number of aliphatic hydroxyl groups excluding tert-OH is 1. The lowest BCUT2D eigenvalue weighted by molar-refractivity contribution is -0.0266. The molecule has 1 atom stereocenters. The molecule has 5 heteroatoms. The van der Waals surface area contributed by atoms with Gasteiger partial charge in [-0.1, -0.05) is 0 Å². The first-order chi connectivity index (χ1) is 13.0. The average molecular weight is 373 g/mol. The van der Waals surface area contributed by atoms with Gasteiger partial charge in [-0.25, -0.2) is 4.79 Å². The van der Waals surface area contributed by atoms with E-state index in [4.69, 9.17) is 9.47 Å². The maximum Gasteiger partial charge on any atom is 0.338 e. The Morgan fingerprint density at radius 1 is 1.15 bits per heavy atom. The van der Waals surface area contributed by atoms with Crippen molar-refractivity contribution in [3.05, 3.63) is 29.8 Å². The number of ether oxygens (including phenoxy) is 2. The molecule has 4 saturated carbocycles. The monoisotopic (exact) mass is 373 g/mol. The topological polar surface area (TPSA) is 67.8 Å². The summed E-state index contributed by atoms with van der Waals surface area (Å²) in [7, 11) is 0. The van der Waals surface area contributed by atoms with Crippen LogP contribution in [0.15, 0.2) is 24.3 Å². The second-order valence-electron chi connectivity index (χ2n) is 8.79. The zero-order valence-electron chi connectivity index (χ0n) is 16.2. The molecule has 0 amide bonds. The number of hydrogen-bond donors (Lipinski definition) is 2. The van der Waals surface area contributed by atoms with Gasteiger partial charge in [-0.2, -0.15) is 0 Å². The predicted octanol–water partition coefficient (Wildman–Crippen LogP) is 3.16. The average Bonchev–Trinajstić information content (AvgIpc) is 2.64. The predicted molar refractivity (Wildman–Crippen MR) is 103 cm³/mol. The van der Waals surface area contributed by atoms with Crippen molar-refractivity contribution in [3.63, 3.8) is 0 Å². The van der Waals surface area contributed by atoms with Crippen molar-refractivity contribution in [2.75, 3.05) is 19.8 Å². The summed E-state index contributed by atoms with van der Waals surface area (Å²) in [4.78, 5) is 11.7. The van der Waals surface area contributed by atoms with E-state index in [0.717, 1.165) is 17.8 Å². The van der Waals surface area contributed by atoms with Crippen LogP contribution in [0.5, 0.6) is 5.75 Å². The van der Waals surface area contributed by atoms with Crippen molar-refractivity contribution in [2.24, 2.45) is 17.8 Å². The van der Waals surface area contributed by atoms with Gasteiger partial charge in [0.2, 0.25) is 0 Å². The highest BCUT2D eigenvalue weighted by atomic mass is 16.5. The van der Waals surface area contributed by atoms with Crippen LogP contribution in [0.3, 0.4) is 0 Å². The highest BCUT2D eigenvalue weighted by molar-refractivity contribution is 5.89. The molecule has 0 aliphatic heterocycles. The maximum absolute atomic E-state index is 11.7. The second kappa shape index (κ2) is 7.80. The lowest BCUT2D eigenvalue weighted by Crippen LogP contribution is -2.59. The molecule has 0 radical (unpaired) electrons. The van der Waals surface area contributed by atoms with Gasteiger partial charge in [-0.05, 0) is 87.5 Å². The molecule has 1 aromatic rings. The van der Waals surface area contributed by atoms with Gasteiger partial charge in [0.25, 0.3) is 0 Å². The fraction of sp³-hybridized carbons (Fsp3) is 0.682. The van der Waals surface area contributed by atoms with Crippen LogP contribution < -0.4 is 10.1 Å². The Morgan fingerprint density at radius 2 is 1.74 bits per heavy atom. The van der Waals surface area contributed by atoms with Crippen molar-refractivity contribution >= 4 is 5.97 Å². The van der Waals surface area contributed by atoms with E-state index in [2.05, 4.69) is 5.32 Å². The number of carbonyl (C=O) groups excluding carboxylic acids is 1. The van der Waals surface area contributed by atoms with Gasteiger partial charge in [-0.15, -0.1) is 0 Å². The number of benzene rings is 1. The Bertz CT molecular complexity index is 621.